The summed E-state index contributed by atoms with van der Waals surface area (Å²) < 4.78 is 13.7. The molecule has 2 aromatic rings. The molecule has 6 heteroatoms. The van der Waals surface area contributed by atoms with Crippen molar-refractivity contribution in [2.24, 2.45) is 5.84 Å². The van der Waals surface area contributed by atoms with Gasteiger partial charge in [-0.1, -0.05) is 35.3 Å². The highest BCUT2D eigenvalue weighted by Gasteiger charge is 2.14. The minimum absolute atomic E-state index is 0.175. The van der Waals surface area contributed by atoms with Crippen LogP contribution < -0.4 is 11.3 Å². The number of benzene rings is 2. The van der Waals surface area contributed by atoms with Gasteiger partial charge in [0.25, 0.3) is 0 Å². The van der Waals surface area contributed by atoms with E-state index < -0.39 is 0 Å². The normalized spacial score (nSPS) is 12.4. The molecule has 0 aromatic heterocycles. The van der Waals surface area contributed by atoms with Crippen LogP contribution in [0.5, 0.6) is 0 Å². The second kappa shape index (κ2) is 6.87. The van der Waals surface area contributed by atoms with E-state index in [1.54, 1.807) is 24.3 Å². The van der Waals surface area contributed by atoms with Gasteiger partial charge in [0.1, 0.15) is 5.82 Å². The quantitative estimate of drug-likeness (QED) is 0.601. The second-order valence-electron chi connectivity index (χ2n) is 4.33. The van der Waals surface area contributed by atoms with E-state index >= 15 is 0 Å². The van der Waals surface area contributed by atoms with Crippen molar-refractivity contribution in [3.8, 4) is 0 Å². The summed E-state index contributed by atoms with van der Waals surface area (Å²) in [5.74, 6) is 5.28. The molecule has 0 saturated carbocycles. The SMILES string of the molecule is NNC(Cc1ccc(Cl)cc1Cl)c1ccc(F)c(Br)c1. The van der Waals surface area contributed by atoms with E-state index in [0.29, 0.717) is 20.9 Å². The molecule has 2 nitrogen and oxygen atoms in total. The van der Waals surface area contributed by atoms with Crippen LogP contribution in [0.25, 0.3) is 0 Å². The van der Waals surface area contributed by atoms with Crippen LogP contribution >= 0.6 is 39.1 Å². The number of hydrogen-bond acceptors (Lipinski definition) is 2. The van der Waals surface area contributed by atoms with Gasteiger partial charge < -0.3 is 0 Å². The molecule has 2 rings (SSSR count). The van der Waals surface area contributed by atoms with Crippen LogP contribution in [-0.2, 0) is 6.42 Å². The Bertz CT molecular complexity index is 622. The van der Waals surface area contributed by atoms with Gasteiger partial charge in [0.05, 0.1) is 10.5 Å². The first-order valence-corrected chi connectivity index (χ1v) is 7.41. The first-order chi connectivity index (χ1) is 9.51. The molecule has 0 spiro atoms. The van der Waals surface area contributed by atoms with Crippen molar-refractivity contribution in [3.63, 3.8) is 0 Å². The van der Waals surface area contributed by atoms with Gasteiger partial charge in [-0.3, -0.25) is 11.3 Å². The van der Waals surface area contributed by atoms with Crippen molar-refractivity contribution in [2.75, 3.05) is 0 Å². The third-order valence-corrected chi connectivity index (χ3v) is 4.18. The maximum absolute atomic E-state index is 13.3. The Morgan fingerprint density at radius 1 is 1.20 bits per heavy atom. The van der Waals surface area contributed by atoms with Crippen LogP contribution in [0.3, 0.4) is 0 Å². The van der Waals surface area contributed by atoms with E-state index in [1.807, 2.05) is 6.07 Å². The third kappa shape index (κ3) is 3.71. The maximum Gasteiger partial charge on any atom is 0.137 e. The highest BCUT2D eigenvalue weighted by Crippen LogP contribution is 2.27. The summed E-state index contributed by atoms with van der Waals surface area (Å²) in [6, 6.07) is 9.92. The Balaban J connectivity index is 2.26. The molecule has 106 valence electrons. The molecule has 0 radical (unpaired) electrons. The van der Waals surface area contributed by atoms with Gasteiger partial charge in [-0.05, 0) is 57.7 Å². The summed E-state index contributed by atoms with van der Waals surface area (Å²) in [6.07, 6.45) is 0.574. The maximum atomic E-state index is 13.3. The van der Waals surface area contributed by atoms with Crippen molar-refractivity contribution < 1.29 is 4.39 Å². The predicted octanol–water partition coefficient (Wildman–Crippen LogP) is 4.64. The number of nitrogens with one attached hydrogen (secondary N) is 1. The third-order valence-electron chi connectivity index (χ3n) is 2.99. The van der Waals surface area contributed by atoms with Crippen molar-refractivity contribution in [1.82, 2.24) is 5.43 Å². The number of rotatable bonds is 4. The fraction of sp³-hybridized carbons (Fsp3) is 0.143. The van der Waals surface area contributed by atoms with Gasteiger partial charge in [-0.2, -0.15) is 0 Å². The molecule has 1 atom stereocenters. The van der Waals surface area contributed by atoms with Gasteiger partial charge in [-0.25, -0.2) is 4.39 Å². The highest BCUT2D eigenvalue weighted by atomic mass is 79.9. The summed E-state index contributed by atoms with van der Waals surface area (Å²) >= 11 is 15.2. The van der Waals surface area contributed by atoms with Crippen molar-refractivity contribution in [1.29, 1.82) is 0 Å². The summed E-state index contributed by atoms with van der Waals surface area (Å²) in [5.41, 5.74) is 4.50. The van der Waals surface area contributed by atoms with E-state index in [0.717, 1.165) is 11.1 Å². The summed E-state index contributed by atoms with van der Waals surface area (Å²) in [4.78, 5) is 0. The first kappa shape index (κ1) is 15.7. The van der Waals surface area contributed by atoms with E-state index in [9.17, 15) is 4.39 Å². The second-order valence-corrected chi connectivity index (χ2v) is 6.03. The van der Waals surface area contributed by atoms with E-state index in [-0.39, 0.29) is 11.9 Å². The van der Waals surface area contributed by atoms with Gasteiger partial charge >= 0.3 is 0 Å². The standard InChI is InChI=1S/C14H12BrCl2FN2/c15-11-5-9(2-4-13(11)18)14(20-19)6-8-1-3-10(16)7-12(8)17/h1-5,7,14,20H,6,19H2. The highest BCUT2D eigenvalue weighted by molar-refractivity contribution is 9.10. The summed E-state index contributed by atoms with van der Waals surface area (Å²) in [5, 5.41) is 1.17. The van der Waals surface area contributed by atoms with Crippen LogP contribution in [0, 0.1) is 5.82 Å². The molecule has 0 aliphatic heterocycles. The smallest absolute Gasteiger partial charge is 0.137 e. The fourth-order valence-electron chi connectivity index (χ4n) is 1.91. The van der Waals surface area contributed by atoms with Gasteiger partial charge in [-0.15, -0.1) is 0 Å². The molecular formula is C14H12BrCl2FN2. The van der Waals surface area contributed by atoms with Crippen LogP contribution in [0.1, 0.15) is 17.2 Å². The number of hydrazine groups is 1. The molecule has 0 bridgehead atoms. The molecule has 3 N–H and O–H groups in total. The largest absolute Gasteiger partial charge is 0.271 e. The molecule has 0 heterocycles. The summed E-state index contributed by atoms with van der Waals surface area (Å²) in [7, 11) is 0. The van der Waals surface area contributed by atoms with Crippen LogP contribution in [0.15, 0.2) is 40.9 Å². The summed E-state index contributed by atoms with van der Waals surface area (Å²) in [6.45, 7) is 0. The van der Waals surface area contributed by atoms with Gasteiger partial charge in [0, 0.05) is 10.0 Å². The van der Waals surface area contributed by atoms with Crippen LogP contribution in [0.2, 0.25) is 10.0 Å². The van der Waals surface area contributed by atoms with Crippen LogP contribution in [0.4, 0.5) is 4.39 Å². The molecule has 0 aliphatic rings. The minimum Gasteiger partial charge on any atom is -0.271 e. The fourth-order valence-corrected chi connectivity index (χ4v) is 2.79. The monoisotopic (exact) mass is 376 g/mol. The number of hydrogen-bond donors (Lipinski definition) is 2. The Morgan fingerprint density at radius 3 is 2.55 bits per heavy atom. The van der Waals surface area contributed by atoms with Gasteiger partial charge in [0.2, 0.25) is 0 Å². The lowest BCUT2D eigenvalue weighted by atomic mass is 9.99. The Morgan fingerprint density at radius 2 is 1.95 bits per heavy atom. The zero-order chi connectivity index (χ0) is 14.7. The topological polar surface area (TPSA) is 38.0 Å². The molecule has 0 saturated heterocycles. The molecule has 20 heavy (non-hydrogen) atoms. The van der Waals surface area contributed by atoms with Crippen molar-refractivity contribution in [3.05, 3.63) is 67.9 Å². The lowest BCUT2D eigenvalue weighted by Crippen LogP contribution is -2.29. The predicted molar refractivity (Wildman–Crippen MR) is 84.3 cm³/mol. The van der Waals surface area contributed by atoms with E-state index in [1.165, 1.54) is 6.07 Å². The number of halogens is 4. The van der Waals surface area contributed by atoms with Gasteiger partial charge in [0.15, 0.2) is 0 Å². The Kier molecular flexibility index (Phi) is 5.41. The first-order valence-electron chi connectivity index (χ1n) is 5.86. The van der Waals surface area contributed by atoms with E-state index in [4.69, 9.17) is 29.0 Å². The molecular weight excluding hydrogens is 366 g/mol. The molecule has 1 unspecified atom stereocenters. The average Bonchev–Trinajstić information content (AvgIpc) is 2.41. The van der Waals surface area contributed by atoms with Crippen LogP contribution in [-0.4, -0.2) is 0 Å². The Hall–Kier alpha value is -0.650. The Labute approximate surface area is 135 Å². The minimum atomic E-state index is -0.311. The molecule has 2 aromatic carbocycles. The van der Waals surface area contributed by atoms with Crippen molar-refractivity contribution in [2.45, 2.75) is 12.5 Å². The zero-order valence-electron chi connectivity index (χ0n) is 10.3. The van der Waals surface area contributed by atoms with E-state index in [2.05, 4.69) is 21.4 Å². The van der Waals surface area contributed by atoms with Crippen molar-refractivity contribution >= 4 is 39.1 Å². The number of nitrogens with two attached hydrogens (primary N) is 1. The average molecular weight is 378 g/mol. The lowest BCUT2D eigenvalue weighted by molar-refractivity contribution is 0.548. The molecule has 0 amide bonds. The lowest BCUT2D eigenvalue weighted by Gasteiger charge is -2.18. The zero-order valence-corrected chi connectivity index (χ0v) is 13.4. The molecule has 0 aliphatic carbocycles. The molecule has 0 fully saturated rings.